The number of fused-ring (bicyclic) bond motifs is 4. The quantitative estimate of drug-likeness (QED) is 0.222. The molecule has 8 rings (SSSR count). The highest BCUT2D eigenvalue weighted by Crippen LogP contribution is 2.51. The van der Waals surface area contributed by atoms with Gasteiger partial charge in [-0.15, -0.1) is 0 Å². The van der Waals surface area contributed by atoms with E-state index in [0.717, 1.165) is 99.1 Å². The molecule has 2 saturated heterocycles. The third-order valence-corrected chi connectivity index (χ3v) is 13.8. The Morgan fingerprint density at radius 2 is 1.21 bits per heavy atom. The molecule has 0 saturated carbocycles. The monoisotopic (exact) mass is 934 g/mol. The number of aromatic nitrogens is 2. The zero-order valence-corrected chi connectivity index (χ0v) is 34.2. The summed E-state index contributed by atoms with van der Waals surface area (Å²) in [5.74, 6) is 1.44. The average molecular weight is 939 g/mol. The number of benzene rings is 2. The van der Waals surface area contributed by atoms with Crippen molar-refractivity contribution in [2.24, 2.45) is 11.8 Å². The van der Waals surface area contributed by atoms with E-state index in [1.165, 1.54) is 44.8 Å². The van der Waals surface area contributed by atoms with Crippen LogP contribution < -0.4 is 5.32 Å². The van der Waals surface area contributed by atoms with Crippen LogP contribution in [0.5, 0.6) is 0 Å². The number of hydrogen-bond donors (Lipinski definition) is 1. The third-order valence-electron chi connectivity index (χ3n) is 11.2. The summed E-state index contributed by atoms with van der Waals surface area (Å²) in [6.45, 7) is 4.12. The Bertz CT molecular complexity index is 1870. The van der Waals surface area contributed by atoms with Crippen molar-refractivity contribution in [2.45, 2.75) is 62.8 Å². The Labute approximate surface area is 326 Å². The first-order chi connectivity index (χ1) is 23.2. The zero-order valence-electron chi connectivity index (χ0n) is 26.4. The minimum absolute atomic E-state index is 0.218. The van der Waals surface area contributed by atoms with Gasteiger partial charge in [-0.3, -0.25) is 14.9 Å². The highest BCUT2D eigenvalue weighted by molar-refractivity contribution is 9.11. The molecular formula is C38H36Br4Cl2N4. The van der Waals surface area contributed by atoms with Crippen LogP contribution >= 0.6 is 86.9 Å². The lowest BCUT2D eigenvalue weighted by Gasteiger charge is -2.41. The summed E-state index contributed by atoms with van der Waals surface area (Å²) in [6, 6.07) is 13.4. The molecule has 0 amide bonds. The molecule has 10 heteroatoms. The smallest absolute Gasteiger partial charge is 0.0530 e. The molecule has 2 fully saturated rings. The summed E-state index contributed by atoms with van der Waals surface area (Å²) in [6.07, 6.45) is 11.3. The Balaban J connectivity index is 1.16. The molecule has 2 aliphatic carbocycles. The zero-order chi connectivity index (χ0) is 33.1. The lowest BCUT2D eigenvalue weighted by atomic mass is 9.76. The van der Waals surface area contributed by atoms with Crippen LogP contribution in [-0.4, -0.2) is 41.0 Å². The summed E-state index contributed by atoms with van der Waals surface area (Å²) in [4.78, 5) is 13.1. The fourth-order valence-electron chi connectivity index (χ4n) is 9.16. The number of aryl methyl sites for hydroxylation is 2. The summed E-state index contributed by atoms with van der Waals surface area (Å²) in [7, 11) is 0. The maximum absolute atomic E-state index is 6.77. The van der Waals surface area contributed by atoms with E-state index < -0.39 is 0 Å². The number of halogens is 6. The van der Waals surface area contributed by atoms with Gasteiger partial charge in [0.2, 0.25) is 0 Å². The van der Waals surface area contributed by atoms with Crippen molar-refractivity contribution in [1.29, 1.82) is 0 Å². The second-order valence-electron chi connectivity index (χ2n) is 13.9. The summed E-state index contributed by atoms with van der Waals surface area (Å²) in [5, 5.41) is 5.16. The van der Waals surface area contributed by atoms with E-state index in [-0.39, 0.29) is 17.9 Å². The average Bonchev–Trinajstić information content (AvgIpc) is 3.31. The van der Waals surface area contributed by atoms with Crippen LogP contribution in [-0.2, 0) is 19.3 Å². The molecule has 3 atom stereocenters. The van der Waals surface area contributed by atoms with E-state index >= 15 is 0 Å². The lowest BCUT2D eigenvalue weighted by molar-refractivity contribution is 0.124. The van der Waals surface area contributed by atoms with Gasteiger partial charge in [0.1, 0.15) is 0 Å². The molecule has 2 aliphatic heterocycles. The summed E-state index contributed by atoms with van der Waals surface area (Å²) >= 11 is 28.8. The van der Waals surface area contributed by atoms with Crippen molar-refractivity contribution in [3.05, 3.63) is 121 Å². The minimum Gasteiger partial charge on any atom is -0.317 e. The van der Waals surface area contributed by atoms with Gasteiger partial charge < -0.3 is 5.32 Å². The van der Waals surface area contributed by atoms with Crippen LogP contribution in [0.25, 0.3) is 0 Å². The van der Waals surface area contributed by atoms with Crippen LogP contribution in [0.3, 0.4) is 0 Å². The van der Waals surface area contributed by atoms with Crippen molar-refractivity contribution in [3.8, 4) is 0 Å². The molecule has 4 nitrogen and oxygen atoms in total. The maximum atomic E-state index is 6.77. The number of likely N-dealkylation sites (tertiary alicyclic amines) is 1. The van der Waals surface area contributed by atoms with Crippen molar-refractivity contribution in [2.75, 3.05) is 26.2 Å². The van der Waals surface area contributed by atoms with Crippen molar-refractivity contribution in [1.82, 2.24) is 20.2 Å². The standard InChI is InChI=1S/C38H36Br4Cl2N4/c39-25-11-23-2-1-22-12-27(43)16-30(41)33(22)35(37(23)46-18-25)21-5-9-48(10-6-21)32-14-24-13-28(44)17-31(42)34(24)36(20-3-7-45-8-4-20)38-29(32)15-26(40)19-47-38/h11-13,15-21,32,35-36,45H,1-10,14H2/t32?,35-,36+/m1/s1. The summed E-state index contributed by atoms with van der Waals surface area (Å²) in [5.41, 5.74) is 10.6. The first kappa shape index (κ1) is 34.3. The largest absolute Gasteiger partial charge is 0.317 e. The lowest BCUT2D eigenvalue weighted by Crippen LogP contribution is -2.39. The van der Waals surface area contributed by atoms with Crippen LogP contribution in [0.2, 0.25) is 10.0 Å². The van der Waals surface area contributed by atoms with Crippen molar-refractivity contribution < 1.29 is 0 Å². The van der Waals surface area contributed by atoms with E-state index in [1.807, 2.05) is 12.4 Å². The van der Waals surface area contributed by atoms with Crippen LogP contribution in [0.4, 0.5) is 0 Å². The van der Waals surface area contributed by atoms with Gasteiger partial charge in [0, 0.05) is 58.2 Å². The Hall–Kier alpha value is -0.840. The second-order valence-corrected chi connectivity index (χ2v) is 18.3. The molecule has 2 aromatic carbocycles. The van der Waals surface area contributed by atoms with Crippen molar-refractivity contribution in [3.63, 3.8) is 0 Å². The first-order valence-electron chi connectivity index (χ1n) is 16.9. The number of hydrogen-bond acceptors (Lipinski definition) is 4. The predicted molar refractivity (Wildman–Crippen MR) is 210 cm³/mol. The molecule has 4 aliphatic rings. The van der Waals surface area contributed by atoms with Gasteiger partial charge >= 0.3 is 0 Å². The fourth-order valence-corrected chi connectivity index (χ4v) is 12.1. The van der Waals surface area contributed by atoms with Crippen LogP contribution in [0.1, 0.15) is 88.3 Å². The first-order valence-corrected chi connectivity index (χ1v) is 20.9. The Morgan fingerprint density at radius 1 is 0.646 bits per heavy atom. The number of piperidine rings is 2. The van der Waals surface area contributed by atoms with E-state index in [2.05, 4.69) is 110 Å². The topological polar surface area (TPSA) is 41.1 Å². The van der Waals surface area contributed by atoms with Gasteiger partial charge in [0.05, 0.1) is 11.4 Å². The second kappa shape index (κ2) is 14.3. The maximum Gasteiger partial charge on any atom is 0.0530 e. The van der Waals surface area contributed by atoms with Gasteiger partial charge in [0.25, 0.3) is 0 Å². The third kappa shape index (κ3) is 6.53. The van der Waals surface area contributed by atoms with E-state index in [9.17, 15) is 0 Å². The molecule has 250 valence electrons. The highest BCUT2D eigenvalue weighted by atomic mass is 79.9. The van der Waals surface area contributed by atoms with Crippen LogP contribution in [0.15, 0.2) is 66.7 Å². The molecule has 0 spiro atoms. The Kier molecular flexibility index (Phi) is 10.2. The van der Waals surface area contributed by atoms with Crippen LogP contribution in [0, 0.1) is 11.8 Å². The van der Waals surface area contributed by atoms with Gasteiger partial charge in [-0.2, -0.15) is 0 Å². The highest BCUT2D eigenvalue weighted by Gasteiger charge is 2.41. The van der Waals surface area contributed by atoms with E-state index in [0.29, 0.717) is 11.8 Å². The summed E-state index contributed by atoms with van der Waals surface area (Å²) < 4.78 is 4.30. The molecule has 2 aromatic heterocycles. The molecule has 1 N–H and O–H groups in total. The SMILES string of the molecule is Clc1cc(Br)c2c(c1)CC(N1CCC([C@H]3c4ncc(Br)cc4CCc4cc(Cl)cc(Br)c43)CC1)c1cc(Br)cnc1[C@H]2C1CCNCC1. The van der Waals surface area contributed by atoms with E-state index in [1.54, 1.807) is 0 Å². The molecule has 0 radical (unpaired) electrons. The van der Waals surface area contributed by atoms with Gasteiger partial charge in [-0.1, -0.05) is 55.1 Å². The number of pyridine rings is 2. The molecule has 48 heavy (non-hydrogen) atoms. The van der Waals surface area contributed by atoms with Gasteiger partial charge in [-0.05, 0) is 185 Å². The number of rotatable bonds is 3. The molecule has 1 unspecified atom stereocenters. The molecule has 4 aromatic rings. The van der Waals surface area contributed by atoms with Gasteiger partial charge in [0.15, 0.2) is 0 Å². The fraction of sp³-hybridized carbons (Fsp3) is 0.421. The normalized spacial score (nSPS) is 23.4. The molecular weight excluding hydrogens is 903 g/mol. The van der Waals surface area contributed by atoms with Gasteiger partial charge in [-0.25, -0.2) is 0 Å². The predicted octanol–water partition coefficient (Wildman–Crippen LogP) is 11.2. The van der Waals surface area contributed by atoms with Crippen molar-refractivity contribution >= 4 is 86.9 Å². The molecule has 4 heterocycles. The minimum atomic E-state index is 0.218. The number of nitrogens with zero attached hydrogens (tertiary/aromatic N) is 3. The molecule has 0 bridgehead atoms. The number of nitrogens with one attached hydrogen (secondary N) is 1. The Morgan fingerprint density at radius 3 is 1.92 bits per heavy atom. The van der Waals surface area contributed by atoms with E-state index in [4.69, 9.17) is 33.2 Å².